The van der Waals surface area contributed by atoms with Gasteiger partial charge in [-0.2, -0.15) is 8.42 Å². The first kappa shape index (κ1) is 22.9. The van der Waals surface area contributed by atoms with Gasteiger partial charge in [0.05, 0.1) is 5.25 Å². The van der Waals surface area contributed by atoms with Crippen molar-refractivity contribution in [2.24, 2.45) is 0 Å². The Labute approximate surface area is 143 Å². The van der Waals surface area contributed by atoms with Gasteiger partial charge in [-0.05, 0) is 19.3 Å². The van der Waals surface area contributed by atoms with Crippen molar-refractivity contribution in [3.05, 3.63) is 0 Å². The molecule has 0 heterocycles. The van der Waals surface area contributed by atoms with Crippen LogP contribution in [0.15, 0.2) is 0 Å². The standard InChI is InChI=1S/C18H38O4S/c1-2-3-12-15-18(23(20,21)22)16-13-10-8-6-4-5-7-9-11-14-17-19/h18-19H,2-17H2,1H3,(H,20,21,22). The Morgan fingerprint density at radius 1 is 0.696 bits per heavy atom. The smallest absolute Gasteiger partial charge is 0.267 e. The van der Waals surface area contributed by atoms with Gasteiger partial charge in [0.15, 0.2) is 0 Å². The van der Waals surface area contributed by atoms with Gasteiger partial charge in [-0.3, -0.25) is 4.55 Å². The molecule has 0 fully saturated rings. The Balaban J connectivity index is 3.55. The van der Waals surface area contributed by atoms with Gasteiger partial charge in [0, 0.05) is 6.61 Å². The van der Waals surface area contributed by atoms with Crippen LogP contribution < -0.4 is 0 Å². The van der Waals surface area contributed by atoms with E-state index in [1.807, 2.05) is 0 Å². The van der Waals surface area contributed by atoms with Crippen LogP contribution in [0, 0.1) is 0 Å². The van der Waals surface area contributed by atoms with Crippen LogP contribution in [-0.2, 0) is 10.1 Å². The lowest BCUT2D eigenvalue weighted by Gasteiger charge is -2.13. The highest BCUT2D eigenvalue weighted by atomic mass is 32.2. The third kappa shape index (κ3) is 15.2. The summed E-state index contributed by atoms with van der Waals surface area (Å²) < 4.78 is 32.1. The summed E-state index contributed by atoms with van der Waals surface area (Å²) in [7, 11) is -3.88. The first-order valence-corrected chi connectivity index (χ1v) is 11.1. The van der Waals surface area contributed by atoms with Crippen molar-refractivity contribution < 1.29 is 18.1 Å². The summed E-state index contributed by atoms with van der Waals surface area (Å²) in [6.45, 7) is 2.40. The van der Waals surface area contributed by atoms with E-state index >= 15 is 0 Å². The average molecular weight is 351 g/mol. The van der Waals surface area contributed by atoms with Crippen LogP contribution in [-0.4, -0.2) is 29.9 Å². The zero-order chi connectivity index (χ0) is 17.4. The molecule has 0 aliphatic heterocycles. The number of aliphatic hydroxyl groups is 1. The summed E-state index contributed by atoms with van der Waals surface area (Å²) in [5, 5.41) is 8.13. The van der Waals surface area contributed by atoms with Gasteiger partial charge in [0.25, 0.3) is 10.1 Å². The molecule has 0 aromatic rings. The highest BCUT2D eigenvalue weighted by molar-refractivity contribution is 7.86. The maximum absolute atomic E-state index is 11.4. The van der Waals surface area contributed by atoms with E-state index in [4.69, 9.17) is 5.11 Å². The van der Waals surface area contributed by atoms with Gasteiger partial charge in [-0.15, -0.1) is 0 Å². The second kappa shape index (κ2) is 15.4. The van der Waals surface area contributed by atoms with Crippen molar-refractivity contribution >= 4 is 10.1 Å². The predicted molar refractivity (Wildman–Crippen MR) is 97.4 cm³/mol. The summed E-state index contributed by atoms with van der Waals surface area (Å²) in [5.41, 5.74) is 0. The summed E-state index contributed by atoms with van der Waals surface area (Å²) >= 11 is 0. The minimum atomic E-state index is -3.88. The Morgan fingerprint density at radius 2 is 1.09 bits per heavy atom. The minimum absolute atomic E-state index is 0.309. The lowest BCUT2D eigenvalue weighted by molar-refractivity contribution is 0.282. The van der Waals surface area contributed by atoms with Crippen LogP contribution in [0.1, 0.15) is 103 Å². The minimum Gasteiger partial charge on any atom is -0.396 e. The van der Waals surface area contributed by atoms with Crippen LogP contribution in [0.3, 0.4) is 0 Å². The highest BCUT2D eigenvalue weighted by Gasteiger charge is 2.21. The fraction of sp³-hybridized carbons (Fsp3) is 1.00. The van der Waals surface area contributed by atoms with Crippen molar-refractivity contribution in [1.29, 1.82) is 0 Å². The molecule has 5 heteroatoms. The molecule has 0 spiro atoms. The maximum atomic E-state index is 11.4. The molecule has 140 valence electrons. The molecule has 1 unspecified atom stereocenters. The molecule has 1 atom stereocenters. The summed E-state index contributed by atoms with van der Waals surface area (Å²) in [4.78, 5) is 0. The number of aliphatic hydroxyl groups excluding tert-OH is 1. The molecule has 4 nitrogen and oxygen atoms in total. The summed E-state index contributed by atoms with van der Waals surface area (Å²) in [5.74, 6) is 0. The molecule has 2 N–H and O–H groups in total. The maximum Gasteiger partial charge on any atom is 0.267 e. The fourth-order valence-electron chi connectivity index (χ4n) is 2.96. The fourth-order valence-corrected chi connectivity index (χ4v) is 3.89. The van der Waals surface area contributed by atoms with Crippen LogP contribution in [0.2, 0.25) is 0 Å². The molecule has 0 radical (unpaired) electrons. The number of hydrogen-bond donors (Lipinski definition) is 2. The molecular formula is C18H38O4S. The summed E-state index contributed by atoms with van der Waals surface area (Å²) in [6.07, 6.45) is 15.5. The molecule has 0 bridgehead atoms. The number of rotatable bonds is 17. The van der Waals surface area contributed by atoms with E-state index in [0.717, 1.165) is 51.4 Å². The molecule has 0 saturated heterocycles. The van der Waals surface area contributed by atoms with Crippen LogP contribution in [0.25, 0.3) is 0 Å². The Bertz CT molecular complexity index is 341. The van der Waals surface area contributed by atoms with Crippen LogP contribution >= 0.6 is 0 Å². The molecule has 0 amide bonds. The molecule has 0 aromatic carbocycles. The largest absolute Gasteiger partial charge is 0.396 e. The Morgan fingerprint density at radius 3 is 1.48 bits per heavy atom. The Kier molecular flexibility index (Phi) is 15.3. The first-order valence-electron chi connectivity index (χ1n) is 9.59. The van der Waals surface area contributed by atoms with Crippen molar-refractivity contribution in [1.82, 2.24) is 0 Å². The average Bonchev–Trinajstić information content (AvgIpc) is 2.49. The highest BCUT2D eigenvalue weighted by Crippen LogP contribution is 2.18. The van der Waals surface area contributed by atoms with Gasteiger partial charge >= 0.3 is 0 Å². The molecule has 0 aromatic heterocycles. The molecule has 0 saturated carbocycles. The molecule has 0 rings (SSSR count). The molecule has 23 heavy (non-hydrogen) atoms. The van der Waals surface area contributed by atoms with Gasteiger partial charge in [0.2, 0.25) is 0 Å². The van der Waals surface area contributed by atoms with E-state index in [9.17, 15) is 13.0 Å². The molecule has 0 aliphatic rings. The summed E-state index contributed by atoms with van der Waals surface area (Å²) in [6, 6.07) is 0. The van der Waals surface area contributed by atoms with Gasteiger partial charge < -0.3 is 5.11 Å². The van der Waals surface area contributed by atoms with Crippen molar-refractivity contribution in [3.8, 4) is 0 Å². The van der Waals surface area contributed by atoms with Gasteiger partial charge in [0.1, 0.15) is 0 Å². The SMILES string of the molecule is CCCCCC(CCCCCCCCCCCCO)S(=O)(=O)O. The normalized spacial score (nSPS) is 13.3. The zero-order valence-electron chi connectivity index (χ0n) is 15.0. The third-order valence-electron chi connectivity index (χ3n) is 4.49. The predicted octanol–water partition coefficient (Wildman–Crippen LogP) is 5.11. The lowest BCUT2D eigenvalue weighted by Crippen LogP contribution is -2.20. The molecule has 0 aliphatic carbocycles. The zero-order valence-corrected chi connectivity index (χ0v) is 15.8. The van der Waals surface area contributed by atoms with Crippen molar-refractivity contribution in [3.63, 3.8) is 0 Å². The van der Waals surface area contributed by atoms with Crippen LogP contribution in [0.5, 0.6) is 0 Å². The Hall–Kier alpha value is -0.130. The monoisotopic (exact) mass is 350 g/mol. The topological polar surface area (TPSA) is 74.6 Å². The van der Waals surface area contributed by atoms with E-state index < -0.39 is 15.4 Å². The van der Waals surface area contributed by atoms with E-state index in [2.05, 4.69) is 6.92 Å². The van der Waals surface area contributed by atoms with E-state index in [1.165, 1.54) is 32.1 Å². The second-order valence-electron chi connectivity index (χ2n) is 6.68. The van der Waals surface area contributed by atoms with E-state index in [-0.39, 0.29) is 0 Å². The van der Waals surface area contributed by atoms with Crippen LogP contribution in [0.4, 0.5) is 0 Å². The van der Waals surface area contributed by atoms with Crippen molar-refractivity contribution in [2.45, 2.75) is 108 Å². The van der Waals surface area contributed by atoms with Crippen molar-refractivity contribution in [2.75, 3.05) is 6.61 Å². The molecular weight excluding hydrogens is 312 g/mol. The van der Waals surface area contributed by atoms with E-state index in [0.29, 0.717) is 19.4 Å². The number of hydrogen-bond acceptors (Lipinski definition) is 3. The lowest BCUT2D eigenvalue weighted by atomic mass is 10.0. The first-order chi connectivity index (χ1) is 11.0. The van der Waals surface area contributed by atoms with Gasteiger partial charge in [-0.1, -0.05) is 84.0 Å². The third-order valence-corrected chi connectivity index (χ3v) is 5.80. The number of unbranched alkanes of at least 4 members (excludes halogenated alkanes) is 11. The second-order valence-corrected chi connectivity index (χ2v) is 8.38. The van der Waals surface area contributed by atoms with Gasteiger partial charge in [-0.25, -0.2) is 0 Å². The van der Waals surface area contributed by atoms with E-state index in [1.54, 1.807) is 0 Å². The quantitative estimate of drug-likeness (QED) is 0.282.